The van der Waals surface area contributed by atoms with Crippen molar-refractivity contribution in [1.82, 2.24) is 0 Å². The first-order valence-electron chi connectivity index (χ1n) is 6.54. The number of anilines is 1. The van der Waals surface area contributed by atoms with Crippen molar-refractivity contribution in [3.05, 3.63) is 28.2 Å². The van der Waals surface area contributed by atoms with E-state index in [1.807, 2.05) is 13.0 Å². The standard InChI is InChI=1S/C15H20BrNO4/c1-9-8-11(16)6-7-12(9)17(10(2)13(18)19)14(20)21-15(3,4)5/h6-8,10H,1-5H3,(H,18,19). The van der Waals surface area contributed by atoms with Gasteiger partial charge in [-0.3, -0.25) is 4.90 Å². The Labute approximate surface area is 133 Å². The molecule has 0 spiro atoms. The molecule has 21 heavy (non-hydrogen) atoms. The molecular formula is C15H20BrNO4. The van der Waals surface area contributed by atoms with Gasteiger partial charge >= 0.3 is 12.1 Å². The van der Waals surface area contributed by atoms with Gasteiger partial charge in [-0.05, 0) is 58.4 Å². The van der Waals surface area contributed by atoms with Gasteiger partial charge in [0.25, 0.3) is 0 Å². The van der Waals surface area contributed by atoms with Crippen molar-refractivity contribution in [3.8, 4) is 0 Å². The topological polar surface area (TPSA) is 66.8 Å². The summed E-state index contributed by atoms with van der Waals surface area (Å²) in [5.41, 5.74) is 0.599. The lowest BCUT2D eigenvalue weighted by molar-refractivity contribution is -0.138. The Morgan fingerprint density at radius 3 is 2.33 bits per heavy atom. The Morgan fingerprint density at radius 1 is 1.33 bits per heavy atom. The molecule has 0 saturated heterocycles. The van der Waals surface area contributed by atoms with Crippen LogP contribution in [0.25, 0.3) is 0 Å². The summed E-state index contributed by atoms with van der Waals surface area (Å²) < 4.78 is 6.18. The predicted octanol–water partition coefficient (Wildman–Crippen LogP) is 3.97. The summed E-state index contributed by atoms with van der Waals surface area (Å²) >= 11 is 3.35. The fraction of sp³-hybridized carbons (Fsp3) is 0.467. The van der Waals surface area contributed by atoms with E-state index < -0.39 is 23.7 Å². The van der Waals surface area contributed by atoms with Crippen molar-refractivity contribution in [2.45, 2.75) is 46.3 Å². The van der Waals surface area contributed by atoms with E-state index in [0.717, 1.165) is 14.9 Å². The number of hydrogen-bond acceptors (Lipinski definition) is 3. The molecule has 0 heterocycles. The van der Waals surface area contributed by atoms with Gasteiger partial charge in [0.1, 0.15) is 11.6 Å². The van der Waals surface area contributed by atoms with Gasteiger partial charge in [-0.1, -0.05) is 15.9 Å². The molecular weight excluding hydrogens is 338 g/mol. The fourth-order valence-corrected chi connectivity index (χ4v) is 2.25. The average Bonchev–Trinajstić information content (AvgIpc) is 2.29. The van der Waals surface area contributed by atoms with Crippen LogP contribution in [-0.2, 0) is 9.53 Å². The molecule has 1 rings (SSSR count). The Balaban J connectivity index is 3.25. The number of carbonyl (C=O) groups is 2. The van der Waals surface area contributed by atoms with Crippen molar-refractivity contribution in [3.63, 3.8) is 0 Å². The summed E-state index contributed by atoms with van der Waals surface area (Å²) in [6, 6.07) is 4.25. The highest BCUT2D eigenvalue weighted by molar-refractivity contribution is 9.10. The molecule has 1 N–H and O–H groups in total. The number of carboxylic acid groups (broad SMARTS) is 1. The van der Waals surface area contributed by atoms with E-state index >= 15 is 0 Å². The Hall–Kier alpha value is -1.56. The molecule has 0 fully saturated rings. The van der Waals surface area contributed by atoms with Crippen LogP contribution in [0.1, 0.15) is 33.3 Å². The van der Waals surface area contributed by atoms with Gasteiger partial charge in [0.05, 0.1) is 5.69 Å². The molecule has 1 atom stereocenters. The number of aryl methyl sites for hydroxylation is 1. The van der Waals surface area contributed by atoms with E-state index in [9.17, 15) is 14.7 Å². The number of amides is 1. The van der Waals surface area contributed by atoms with Crippen LogP contribution in [0.15, 0.2) is 22.7 Å². The summed E-state index contributed by atoms with van der Waals surface area (Å²) in [6.45, 7) is 8.48. The van der Waals surface area contributed by atoms with Crippen molar-refractivity contribution >= 4 is 33.7 Å². The Bertz CT molecular complexity index is 551. The molecule has 5 nitrogen and oxygen atoms in total. The molecule has 1 aromatic carbocycles. The minimum Gasteiger partial charge on any atom is -0.480 e. The van der Waals surface area contributed by atoms with Crippen molar-refractivity contribution in [2.24, 2.45) is 0 Å². The van der Waals surface area contributed by atoms with Crippen molar-refractivity contribution in [1.29, 1.82) is 0 Å². The van der Waals surface area contributed by atoms with Gasteiger partial charge in [0.2, 0.25) is 0 Å². The molecule has 0 bridgehead atoms. The van der Waals surface area contributed by atoms with E-state index in [4.69, 9.17) is 4.74 Å². The summed E-state index contributed by atoms with van der Waals surface area (Å²) in [7, 11) is 0. The zero-order chi connectivity index (χ0) is 16.4. The number of ether oxygens (including phenoxy) is 1. The third-order valence-electron chi connectivity index (χ3n) is 2.75. The first-order valence-corrected chi connectivity index (χ1v) is 7.33. The molecule has 0 radical (unpaired) electrons. The van der Waals surface area contributed by atoms with Crippen molar-refractivity contribution in [2.75, 3.05) is 4.90 Å². The molecule has 0 saturated carbocycles. The Morgan fingerprint density at radius 2 is 1.90 bits per heavy atom. The maximum Gasteiger partial charge on any atom is 0.415 e. The molecule has 116 valence electrons. The monoisotopic (exact) mass is 357 g/mol. The molecule has 1 aromatic rings. The highest BCUT2D eigenvalue weighted by atomic mass is 79.9. The summed E-state index contributed by atoms with van der Waals surface area (Å²) in [5.74, 6) is -1.09. The van der Waals surface area contributed by atoms with Crippen LogP contribution in [0.3, 0.4) is 0 Å². The number of carboxylic acids is 1. The predicted molar refractivity (Wildman–Crippen MR) is 84.7 cm³/mol. The number of nitrogens with zero attached hydrogens (tertiary/aromatic N) is 1. The van der Waals surface area contributed by atoms with Crippen molar-refractivity contribution < 1.29 is 19.4 Å². The minimum atomic E-state index is -1.09. The number of rotatable bonds is 3. The SMILES string of the molecule is Cc1cc(Br)ccc1N(C(=O)OC(C)(C)C)C(C)C(=O)O. The van der Waals surface area contributed by atoms with E-state index in [1.54, 1.807) is 32.9 Å². The fourth-order valence-electron chi connectivity index (χ4n) is 1.78. The number of aliphatic carboxylic acids is 1. The quantitative estimate of drug-likeness (QED) is 0.888. The van der Waals surface area contributed by atoms with Crippen LogP contribution in [0.2, 0.25) is 0 Å². The van der Waals surface area contributed by atoms with E-state index in [-0.39, 0.29) is 0 Å². The number of benzene rings is 1. The second-order valence-electron chi connectivity index (χ2n) is 5.80. The van der Waals surface area contributed by atoms with Crippen LogP contribution in [0, 0.1) is 6.92 Å². The van der Waals surface area contributed by atoms with E-state index in [2.05, 4.69) is 15.9 Å². The van der Waals surface area contributed by atoms with Crippen LogP contribution in [0.5, 0.6) is 0 Å². The van der Waals surface area contributed by atoms with Gasteiger partial charge < -0.3 is 9.84 Å². The van der Waals surface area contributed by atoms with Crippen LogP contribution in [-0.4, -0.2) is 28.8 Å². The molecule has 0 aliphatic rings. The second-order valence-corrected chi connectivity index (χ2v) is 6.71. The maximum absolute atomic E-state index is 12.4. The molecule has 1 amide bonds. The third kappa shape index (κ3) is 4.74. The third-order valence-corrected chi connectivity index (χ3v) is 3.25. The Kier molecular flexibility index (Phi) is 5.39. The van der Waals surface area contributed by atoms with Gasteiger partial charge in [-0.25, -0.2) is 9.59 Å². The number of hydrogen-bond donors (Lipinski definition) is 1. The maximum atomic E-state index is 12.4. The summed E-state index contributed by atoms with van der Waals surface area (Å²) in [6.07, 6.45) is -0.678. The van der Waals surface area contributed by atoms with Gasteiger partial charge in [-0.2, -0.15) is 0 Å². The number of carbonyl (C=O) groups excluding carboxylic acids is 1. The molecule has 0 aliphatic heterocycles. The normalized spacial score (nSPS) is 12.7. The largest absolute Gasteiger partial charge is 0.480 e. The average molecular weight is 358 g/mol. The van der Waals surface area contributed by atoms with E-state index in [0.29, 0.717) is 5.69 Å². The lowest BCUT2D eigenvalue weighted by atomic mass is 10.1. The van der Waals surface area contributed by atoms with Gasteiger partial charge in [0.15, 0.2) is 0 Å². The van der Waals surface area contributed by atoms with Crippen LogP contribution < -0.4 is 4.90 Å². The lowest BCUT2D eigenvalue weighted by Crippen LogP contribution is -2.46. The minimum absolute atomic E-state index is 0.516. The smallest absolute Gasteiger partial charge is 0.415 e. The lowest BCUT2D eigenvalue weighted by Gasteiger charge is -2.30. The zero-order valence-corrected chi connectivity index (χ0v) is 14.4. The first kappa shape index (κ1) is 17.5. The van der Waals surface area contributed by atoms with Gasteiger partial charge in [0, 0.05) is 4.47 Å². The van der Waals surface area contributed by atoms with E-state index in [1.165, 1.54) is 6.92 Å². The highest BCUT2D eigenvalue weighted by Crippen LogP contribution is 2.27. The van der Waals surface area contributed by atoms with Gasteiger partial charge in [-0.15, -0.1) is 0 Å². The molecule has 6 heteroatoms. The highest BCUT2D eigenvalue weighted by Gasteiger charge is 2.32. The molecule has 0 aliphatic carbocycles. The van der Waals surface area contributed by atoms with Crippen LogP contribution in [0.4, 0.5) is 10.5 Å². The second kappa shape index (κ2) is 6.47. The zero-order valence-electron chi connectivity index (χ0n) is 12.8. The first-order chi connectivity index (χ1) is 9.53. The number of halogens is 1. The summed E-state index contributed by atoms with van der Waals surface area (Å²) in [5, 5.41) is 9.25. The molecule has 0 aromatic heterocycles. The molecule has 1 unspecified atom stereocenters. The van der Waals surface area contributed by atoms with Crippen LogP contribution >= 0.6 is 15.9 Å². The summed E-state index contributed by atoms with van der Waals surface area (Å²) in [4.78, 5) is 24.8.